The third-order valence-corrected chi connectivity index (χ3v) is 6.71. The molecule has 4 rings (SSSR count). The zero-order chi connectivity index (χ0) is 28.0. The fraction of sp³-hybridized carbons (Fsp3) is 0.323. The van der Waals surface area contributed by atoms with Gasteiger partial charge in [0.15, 0.2) is 17.2 Å². The van der Waals surface area contributed by atoms with E-state index in [2.05, 4.69) is 17.3 Å². The van der Waals surface area contributed by atoms with E-state index in [1.165, 1.54) is 7.11 Å². The van der Waals surface area contributed by atoms with Crippen LogP contribution >= 0.6 is 0 Å². The second kappa shape index (κ2) is 12.0. The van der Waals surface area contributed by atoms with Gasteiger partial charge in [0.1, 0.15) is 6.61 Å². The van der Waals surface area contributed by atoms with Gasteiger partial charge in [-0.2, -0.15) is 5.10 Å². The van der Waals surface area contributed by atoms with Gasteiger partial charge in [0.2, 0.25) is 0 Å². The number of amides is 1. The first kappa shape index (κ1) is 27.7. The van der Waals surface area contributed by atoms with Crippen LogP contribution < -0.4 is 14.8 Å². The number of aromatic nitrogens is 2. The number of methoxy groups -OCH3 is 2. The highest BCUT2D eigenvalue weighted by molar-refractivity contribution is 6.04. The third kappa shape index (κ3) is 6.22. The molecule has 3 aromatic carbocycles. The summed E-state index contributed by atoms with van der Waals surface area (Å²) in [5, 5.41) is 8.27. The SMILES string of the molecule is CCCCn1nc(C(=O)OCC(C)(C)c2ccc(NC(=O)c3ccc(OC)c(OC)c3)cc2)c2ccccc21. The summed E-state index contributed by atoms with van der Waals surface area (Å²) in [7, 11) is 3.07. The molecule has 39 heavy (non-hydrogen) atoms. The molecule has 0 radical (unpaired) electrons. The number of para-hydroxylation sites is 1. The first-order valence-corrected chi connectivity index (χ1v) is 13.0. The lowest BCUT2D eigenvalue weighted by Gasteiger charge is -2.25. The van der Waals surface area contributed by atoms with E-state index in [9.17, 15) is 9.59 Å². The number of nitrogens with one attached hydrogen (secondary N) is 1. The smallest absolute Gasteiger partial charge is 0.359 e. The van der Waals surface area contributed by atoms with Gasteiger partial charge in [-0.15, -0.1) is 0 Å². The first-order valence-electron chi connectivity index (χ1n) is 13.0. The van der Waals surface area contributed by atoms with Crippen LogP contribution in [0.2, 0.25) is 0 Å². The molecule has 0 bridgehead atoms. The van der Waals surface area contributed by atoms with Crippen molar-refractivity contribution >= 4 is 28.5 Å². The molecule has 0 fully saturated rings. The number of rotatable bonds is 11. The summed E-state index contributed by atoms with van der Waals surface area (Å²) in [6, 6.07) is 20.3. The number of aryl methyl sites for hydroxylation is 1. The summed E-state index contributed by atoms with van der Waals surface area (Å²) < 4.78 is 18.2. The van der Waals surface area contributed by atoms with E-state index in [1.807, 2.05) is 67.1 Å². The number of anilines is 1. The number of esters is 1. The predicted octanol–water partition coefficient (Wildman–Crippen LogP) is 6.24. The predicted molar refractivity (Wildman–Crippen MR) is 152 cm³/mol. The van der Waals surface area contributed by atoms with E-state index < -0.39 is 11.4 Å². The Morgan fingerprint density at radius 3 is 2.36 bits per heavy atom. The van der Waals surface area contributed by atoms with Crippen molar-refractivity contribution in [3.63, 3.8) is 0 Å². The van der Waals surface area contributed by atoms with Crippen molar-refractivity contribution in [3.8, 4) is 11.5 Å². The van der Waals surface area contributed by atoms with Crippen molar-refractivity contribution in [1.82, 2.24) is 9.78 Å². The fourth-order valence-corrected chi connectivity index (χ4v) is 4.34. The van der Waals surface area contributed by atoms with Crippen molar-refractivity contribution < 1.29 is 23.8 Å². The van der Waals surface area contributed by atoms with Gasteiger partial charge in [-0.25, -0.2) is 4.79 Å². The standard InChI is InChI=1S/C31H35N3O5/c1-6-7-18-34-25-11-9-8-10-24(25)28(33-34)30(36)39-20-31(2,3)22-13-15-23(16-14-22)32-29(35)21-12-17-26(37-4)27(19-21)38-5/h8-17,19H,6-7,18,20H2,1-5H3,(H,32,35). The van der Waals surface area contributed by atoms with Gasteiger partial charge < -0.3 is 19.5 Å². The van der Waals surface area contributed by atoms with Crippen molar-refractivity contribution in [1.29, 1.82) is 0 Å². The normalized spacial score (nSPS) is 11.3. The highest BCUT2D eigenvalue weighted by atomic mass is 16.5. The van der Waals surface area contributed by atoms with Gasteiger partial charge in [-0.05, 0) is 48.4 Å². The molecule has 1 aromatic heterocycles. The topological polar surface area (TPSA) is 91.7 Å². The number of benzene rings is 3. The van der Waals surface area contributed by atoms with Gasteiger partial charge in [0, 0.05) is 28.6 Å². The van der Waals surface area contributed by atoms with Crippen LogP contribution in [0.3, 0.4) is 0 Å². The Hall–Kier alpha value is -4.33. The minimum absolute atomic E-state index is 0.180. The van der Waals surface area contributed by atoms with E-state index in [0.717, 1.165) is 35.9 Å². The van der Waals surface area contributed by atoms with Crippen LogP contribution in [0.1, 0.15) is 60.0 Å². The van der Waals surface area contributed by atoms with Crippen LogP contribution in [0.25, 0.3) is 10.9 Å². The molecule has 0 aliphatic rings. The maximum Gasteiger partial charge on any atom is 0.359 e. The maximum absolute atomic E-state index is 13.1. The molecule has 8 nitrogen and oxygen atoms in total. The van der Waals surface area contributed by atoms with E-state index in [0.29, 0.717) is 28.4 Å². The quantitative estimate of drug-likeness (QED) is 0.231. The molecule has 204 valence electrons. The molecule has 1 heterocycles. The highest BCUT2D eigenvalue weighted by Gasteiger charge is 2.25. The first-order chi connectivity index (χ1) is 18.8. The monoisotopic (exact) mass is 529 g/mol. The summed E-state index contributed by atoms with van der Waals surface area (Å²) in [6.07, 6.45) is 2.03. The Labute approximate surface area is 228 Å². The molecule has 0 aliphatic heterocycles. The van der Waals surface area contributed by atoms with Crippen LogP contribution in [0, 0.1) is 0 Å². The Balaban J connectivity index is 1.41. The summed E-state index contributed by atoms with van der Waals surface area (Å²) in [6.45, 7) is 7.08. The Bertz CT molecular complexity index is 1460. The Morgan fingerprint density at radius 2 is 1.67 bits per heavy atom. The summed E-state index contributed by atoms with van der Waals surface area (Å²) >= 11 is 0. The number of nitrogens with zero attached hydrogens (tertiary/aromatic N) is 2. The van der Waals surface area contributed by atoms with Crippen molar-refractivity contribution in [2.75, 3.05) is 26.1 Å². The summed E-state index contributed by atoms with van der Waals surface area (Å²) in [5.74, 6) is 0.340. The van der Waals surface area contributed by atoms with Crippen LogP contribution in [0.5, 0.6) is 11.5 Å². The average molecular weight is 530 g/mol. The molecule has 0 spiro atoms. The molecule has 1 N–H and O–H groups in total. The van der Waals surface area contributed by atoms with Crippen LogP contribution in [0.4, 0.5) is 5.69 Å². The Morgan fingerprint density at radius 1 is 0.949 bits per heavy atom. The molecule has 0 saturated heterocycles. The van der Waals surface area contributed by atoms with E-state index in [1.54, 1.807) is 25.3 Å². The van der Waals surface area contributed by atoms with Gasteiger partial charge in [-0.3, -0.25) is 9.48 Å². The van der Waals surface area contributed by atoms with Crippen LogP contribution in [-0.2, 0) is 16.7 Å². The number of carbonyl (C=O) groups is 2. The molecule has 0 aliphatic carbocycles. The molecule has 0 atom stereocenters. The van der Waals surface area contributed by atoms with Gasteiger partial charge >= 0.3 is 5.97 Å². The van der Waals surface area contributed by atoms with Crippen LogP contribution in [0.15, 0.2) is 66.7 Å². The molecule has 4 aromatic rings. The zero-order valence-corrected chi connectivity index (χ0v) is 23.1. The zero-order valence-electron chi connectivity index (χ0n) is 23.1. The third-order valence-electron chi connectivity index (χ3n) is 6.71. The van der Waals surface area contributed by atoms with E-state index in [4.69, 9.17) is 14.2 Å². The Kier molecular flexibility index (Phi) is 8.54. The molecular formula is C31H35N3O5. The maximum atomic E-state index is 13.1. The van der Waals surface area contributed by atoms with Crippen molar-refractivity contribution in [2.45, 2.75) is 45.6 Å². The second-order valence-corrected chi connectivity index (χ2v) is 10.0. The summed E-state index contributed by atoms with van der Waals surface area (Å²) in [5.41, 5.74) is 2.89. The van der Waals surface area contributed by atoms with Gasteiger partial charge in [0.25, 0.3) is 5.91 Å². The molecule has 1 amide bonds. The minimum Gasteiger partial charge on any atom is -0.493 e. The molecule has 0 saturated carbocycles. The highest BCUT2D eigenvalue weighted by Crippen LogP contribution is 2.29. The lowest BCUT2D eigenvalue weighted by atomic mass is 9.85. The number of fused-ring (bicyclic) bond motifs is 1. The number of hydrogen-bond donors (Lipinski definition) is 1. The van der Waals surface area contributed by atoms with Crippen molar-refractivity contribution in [3.05, 3.63) is 83.6 Å². The number of ether oxygens (including phenoxy) is 3. The fourth-order valence-electron chi connectivity index (χ4n) is 4.34. The largest absolute Gasteiger partial charge is 0.493 e. The summed E-state index contributed by atoms with van der Waals surface area (Å²) in [4.78, 5) is 25.8. The lowest BCUT2D eigenvalue weighted by molar-refractivity contribution is 0.0421. The number of hydrogen-bond acceptors (Lipinski definition) is 6. The van der Waals surface area contributed by atoms with Crippen molar-refractivity contribution in [2.24, 2.45) is 0 Å². The molecule has 8 heteroatoms. The molecular weight excluding hydrogens is 494 g/mol. The average Bonchev–Trinajstić information content (AvgIpc) is 3.33. The lowest BCUT2D eigenvalue weighted by Crippen LogP contribution is -2.26. The number of unbranched alkanes of at least 4 members (excludes halogenated alkanes) is 1. The minimum atomic E-state index is -0.456. The van der Waals surface area contributed by atoms with Gasteiger partial charge in [0.05, 0.1) is 19.7 Å². The van der Waals surface area contributed by atoms with E-state index in [-0.39, 0.29) is 12.5 Å². The van der Waals surface area contributed by atoms with Crippen LogP contribution in [-0.4, -0.2) is 42.5 Å². The van der Waals surface area contributed by atoms with E-state index >= 15 is 0 Å². The molecule has 0 unspecified atom stereocenters. The number of carbonyl (C=O) groups excluding carboxylic acids is 2. The van der Waals surface area contributed by atoms with Gasteiger partial charge in [-0.1, -0.05) is 57.5 Å². The second-order valence-electron chi connectivity index (χ2n) is 10.0.